The molecule has 0 aliphatic carbocycles. The average Bonchev–Trinajstić information content (AvgIpc) is 3.00. The number of sulfonamides is 1. The van der Waals surface area contributed by atoms with Gasteiger partial charge in [-0.3, -0.25) is 14.3 Å². The molecule has 0 aromatic heterocycles. The van der Waals surface area contributed by atoms with Crippen LogP contribution in [0.2, 0.25) is 0 Å². The predicted molar refractivity (Wildman–Crippen MR) is 161 cm³/mol. The highest BCUT2D eigenvalue weighted by molar-refractivity contribution is 9.10. The Morgan fingerprint density at radius 1 is 0.933 bits per heavy atom. The minimum Gasteiger partial charge on any atom is -0.455 e. The van der Waals surface area contributed by atoms with E-state index in [2.05, 4.69) is 41.3 Å². The molecule has 4 N–H and O–H groups in total. The summed E-state index contributed by atoms with van der Waals surface area (Å²) in [7, 11) is -4.53. The van der Waals surface area contributed by atoms with Gasteiger partial charge in [0.25, 0.3) is 15.9 Å². The number of amides is 2. The van der Waals surface area contributed by atoms with Crippen LogP contribution < -0.4 is 30.1 Å². The molecule has 0 bridgehead atoms. The molecule has 1 saturated heterocycles. The monoisotopic (exact) mass is 712 g/mol. The molecule has 240 valence electrons. The van der Waals surface area contributed by atoms with Crippen LogP contribution in [0, 0.1) is 5.92 Å². The van der Waals surface area contributed by atoms with Crippen LogP contribution in [0.1, 0.15) is 23.2 Å². The zero-order valence-corrected chi connectivity index (χ0v) is 25.9. The van der Waals surface area contributed by atoms with Gasteiger partial charge in [0.15, 0.2) is 5.75 Å². The van der Waals surface area contributed by atoms with Crippen molar-refractivity contribution in [1.29, 1.82) is 0 Å². The zero-order chi connectivity index (χ0) is 32.6. The highest BCUT2D eigenvalue weighted by atomic mass is 79.9. The first-order valence-electron chi connectivity index (χ1n) is 13.6. The number of hydrogen-bond donors (Lipinski definition) is 4. The number of carbonyl (C=O) groups is 3. The number of carbonyl (C=O) groups excluding carboxylic acids is 3. The van der Waals surface area contributed by atoms with E-state index in [1.165, 1.54) is 18.2 Å². The van der Waals surface area contributed by atoms with Gasteiger partial charge in [-0.25, -0.2) is 13.2 Å². The summed E-state index contributed by atoms with van der Waals surface area (Å²) in [6, 6.07) is 15.1. The van der Waals surface area contributed by atoms with E-state index in [1.54, 1.807) is 30.3 Å². The number of esters is 1. The Labute approximate surface area is 265 Å². The Kier molecular flexibility index (Phi) is 11.1. The van der Waals surface area contributed by atoms with Crippen LogP contribution in [0.25, 0.3) is 0 Å². The van der Waals surface area contributed by atoms with Crippen molar-refractivity contribution in [3.05, 3.63) is 76.8 Å². The molecular weight excluding hydrogens is 685 g/mol. The smallest absolute Gasteiger partial charge is 0.455 e. The number of para-hydroxylation sites is 2. The first kappa shape index (κ1) is 33.7. The number of nitrogens with one attached hydrogen (secondary N) is 4. The van der Waals surface area contributed by atoms with E-state index < -0.39 is 56.7 Å². The molecule has 3 aromatic rings. The van der Waals surface area contributed by atoms with Crippen molar-refractivity contribution in [3.8, 4) is 17.2 Å². The maximum absolute atomic E-state index is 13.3. The molecule has 1 heterocycles. The van der Waals surface area contributed by atoms with Crippen molar-refractivity contribution in [2.24, 2.45) is 5.92 Å². The van der Waals surface area contributed by atoms with E-state index in [0.29, 0.717) is 18.4 Å². The molecule has 0 radical (unpaired) electrons. The second kappa shape index (κ2) is 14.8. The lowest BCUT2D eigenvalue weighted by atomic mass is 9.98. The Morgan fingerprint density at radius 2 is 1.62 bits per heavy atom. The lowest BCUT2D eigenvalue weighted by Gasteiger charge is -2.22. The largest absolute Gasteiger partial charge is 0.491 e. The van der Waals surface area contributed by atoms with Crippen molar-refractivity contribution in [3.63, 3.8) is 0 Å². The van der Waals surface area contributed by atoms with Gasteiger partial charge in [-0.15, -0.1) is 0 Å². The Balaban J connectivity index is 1.52. The number of alkyl halides is 3. The van der Waals surface area contributed by atoms with Crippen LogP contribution >= 0.6 is 15.9 Å². The number of anilines is 1. The molecular formula is C29H28BrF3N4O7S. The van der Waals surface area contributed by atoms with Crippen LogP contribution in [0.5, 0.6) is 17.2 Å². The number of halogens is 4. The summed E-state index contributed by atoms with van der Waals surface area (Å²) >= 11 is 3.31. The van der Waals surface area contributed by atoms with Gasteiger partial charge in [-0.1, -0.05) is 28.1 Å². The Hall–Kier alpha value is -4.15. The summed E-state index contributed by atoms with van der Waals surface area (Å²) in [5.41, 5.74) is -0.608. The fourth-order valence-corrected chi connectivity index (χ4v) is 5.58. The minimum absolute atomic E-state index is 0.00780. The van der Waals surface area contributed by atoms with Crippen LogP contribution in [0.4, 0.5) is 18.9 Å². The molecule has 0 unspecified atom stereocenters. The minimum atomic E-state index is -5.45. The summed E-state index contributed by atoms with van der Waals surface area (Å²) in [6.45, 7) is 1.52. The third-order valence-corrected chi connectivity index (χ3v) is 8.46. The molecule has 0 saturated carbocycles. The van der Waals surface area contributed by atoms with Gasteiger partial charge in [0.2, 0.25) is 5.91 Å². The maximum Gasteiger partial charge on any atom is 0.491 e. The van der Waals surface area contributed by atoms with E-state index in [1.807, 2.05) is 0 Å². The molecule has 1 aliphatic rings. The van der Waals surface area contributed by atoms with Gasteiger partial charge >= 0.3 is 12.1 Å². The lowest BCUT2D eigenvalue weighted by Crippen LogP contribution is -2.41. The Bertz CT molecular complexity index is 1650. The summed E-state index contributed by atoms with van der Waals surface area (Å²) in [4.78, 5) is 36.1. The molecule has 0 spiro atoms. The van der Waals surface area contributed by atoms with Gasteiger partial charge in [0, 0.05) is 17.1 Å². The standard InChI is InChI=1S/C29H28BrF3N4O7S/c30-19-5-7-20(8-6-19)43-24-4-2-1-3-23(24)37-45(41,42)21-9-10-22(25(15-21)44-28(40)29(31,32)33)27(39)36-17-26(38)35-16-18-11-13-34-14-12-18/h1-10,15,18,34,37H,11-14,16-17H2,(H,35,38)(H,36,39). The first-order valence-corrected chi connectivity index (χ1v) is 15.8. The number of piperidine rings is 1. The molecule has 0 atom stereocenters. The SMILES string of the molecule is O=C(CNC(=O)c1ccc(S(=O)(=O)Nc2ccccc2Oc2ccc(Br)cc2)cc1OC(=O)C(F)(F)F)NCC1CCNCC1. The molecule has 16 heteroatoms. The van der Waals surface area contributed by atoms with E-state index in [4.69, 9.17) is 4.74 Å². The summed E-state index contributed by atoms with van der Waals surface area (Å²) < 4.78 is 79.0. The first-order chi connectivity index (χ1) is 21.3. The Morgan fingerprint density at radius 3 is 2.31 bits per heavy atom. The van der Waals surface area contributed by atoms with E-state index in [9.17, 15) is 36.0 Å². The van der Waals surface area contributed by atoms with E-state index in [-0.39, 0.29) is 17.4 Å². The number of rotatable bonds is 11. The van der Waals surface area contributed by atoms with E-state index >= 15 is 0 Å². The number of benzene rings is 3. The fraction of sp³-hybridized carbons (Fsp3) is 0.276. The van der Waals surface area contributed by atoms with Crippen molar-refractivity contribution in [1.82, 2.24) is 16.0 Å². The van der Waals surface area contributed by atoms with E-state index in [0.717, 1.165) is 42.5 Å². The quantitative estimate of drug-likeness (QED) is 0.169. The molecule has 45 heavy (non-hydrogen) atoms. The van der Waals surface area contributed by atoms with Crippen LogP contribution in [-0.2, 0) is 19.6 Å². The van der Waals surface area contributed by atoms with Gasteiger partial charge in [-0.2, -0.15) is 13.2 Å². The topological polar surface area (TPSA) is 152 Å². The summed E-state index contributed by atoms with van der Waals surface area (Å²) in [5, 5.41) is 8.14. The van der Waals surface area contributed by atoms with Crippen LogP contribution in [0.3, 0.4) is 0 Å². The molecule has 3 aromatic carbocycles. The third kappa shape index (κ3) is 9.67. The molecule has 4 rings (SSSR count). The van der Waals surface area contributed by atoms with Crippen molar-refractivity contribution in [2.45, 2.75) is 23.9 Å². The summed E-state index contributed by atoms with van der Waals surface area (Å²) in [5.74, 6) is -4.49. The highest BCUT2D eigenvalue weighted by Crippen LogP contribution is 2.33. The van der Waals surface area contributed by atoms with Gasteiger partial charge < -0.3 is 25.4 Å². The predicted octanol–water partition coefficient (Wildman–Crippen LogP) is 4.36. The van der Waals surface area contributed by atoms with Crippen LogP contribution in [0.15, 0.2) is 76.1 Å². The van der Waals surface area contributed by atoms with Crippen molar-refractivity contribution < 1.29 is 45.4 Å². The second-order valence-corrected chi connectivity index (χ2v) is 12.5. The van der Waals surface area contributed by atoms with Crippen molar-refractivity contribution in [2.75, 3.05) is 30.9 Å². The molecule has 1 fully saturated rings. The van der Waals surface area contributed by atoms with Gasteiger partial charge in [0.1, 0.15) is 11.5 Å². The summed E-state index contributed by atoms with van der Waals surface area (Å²) in [6.07, 6.45) is -3.71. The second-order valence-electron chi connectivity index (χ2n) is 9.88. The average molecular weight is 714 g/mol. The third-order valence-electron chi connectivity index (χ3n) is 6.57. The molecule has 2 amide bonds. The van der Waals surface area contributed by atoms with Gasteiger partial charge in [-0.05, 0) is 80.4 Å². The number of hydrogen-bond acceptors (Lipinski definition) is 8. The highest BCUT2D eigenvalue weighted by Gasteiger charge is 2.42. The zero-order valence-electron chi connectivity index (χ0n) is 23.4. The lowest BCUT2D eigenvalue weighted by molar-refractivity contribution is -0.189. The maximum atomic E-state index is 13.3. The number of ether oxygens (including phenoxy) is 2. The van der Waals surface area contributed by atoms with Crippen molar-refractivity contribution >= 4 is 49.4 Å². The van der Waals surface area contributed by atoms with Crippen LogP contribution in [-0.4, -0.2) is 58.6 Å². The fourth-order valence-electron chi connectivity index (χ4n) is 4.24. The van der Waals surface area contributed by atoms with Gasteiger partial charge in [0.05, 0.1) is 22.7 Å². The normalized spacial score (nSPS) is 13.9. The molecule has 1 aliphatic heterocycles. The molecule has 11 nitrogen and oxygen atoms in total.